The van der Waals surface area contributed by atoms with E-state index in [0.29, 0.717) is 10.7 Å². The molecule has 23 heavy (non-hydrogen) atoms. The minimum atomic E-state index is -1.18. The fraction of sp³-hybridized carbons (Fsp3) is 0.0667. The second kappa shape index (κ2) is 6.89. The summed E-state index contributed by atoms with van der Waals surface area (Å²) in [5, 5.41) is 20.1. The predicted octanol–water partition coefficient (Wildman–Crippen LogP) is 2.98. The van der Waals surface area contributed by atoms with Crippen molar-refractivity contribution in [3.05, 3.63) is 69.2 Å². The van der Waals surface area contributed by atoms with Gasteiger partial charge in [0.1, 0.15) is 6.54 Å². The van der Waals surface area contributed by atoms with Crippen molar-refractivity contribution >= 4 is 34.9 Å². The molecule has 0 fully saturated rings. The van der Waals surface area contributed by atoms with Crippen molar-refractivity contribution in [1.82, 2.24) is 0 Å². The summed E-state index contributed by atoms with van der Waals surface area (Å²) in [6.07, 6.45) is 0. The molecule has 0 unspecified atom stereocenters. The van der Waals surface area contributed by atoms with Gasteiger partial charge in [-0.3, -0.25) is 24.6 Å². The largest absolute Gasteiger partial charge is 0.480 e. The first kappa shape index (κ1) is 16.4. The maximum absolute atomic E-state index is 12.5. The summed E-state index contributed by atoms with van der Waals surface area (Å²) in [4.78, 5) is 34.6. The normalized spacial score (nSPS) is 10.1. The second-order valence-electron chi connectivity index (χ2n) is 4.57. The molecule has 7 nitrogen and oxygen atoms in total. The summed E-state index contributed by atoms with van der Waals surface area (Å²) >= 11 is 5.78. The minimum Gasteiger partial charge on any atom is -0.480 e. The van der Waals surface area contributed by atoms with E-state index in [0.717, 1.165) is 4.90 Å². The van der Waals surface area contributed by atoms with E-state index in [4.69, 9.17) is 16.7 Å². The van der Waals surface area contributed by atoms with Crippen molar-refractivity contribution < 1.29 is 19.6 Å². The van der Waals surface area contributed by atoms with Gasteiger partial charge in [0.2, 0.25) is 0 Å². The molecule has 2 rings (SSSR count). The lowest BCUT2D eigenvalue weighted by atomic mass is 10.1. The number of rotatable bonds is 5. The predicted molar refractivity (Wildman–Crippen MR) is 83.9 cm³/mol. The maximum atomic E-state index is 12.5. The Morgan fingerprint density at radius 1 is 1.09 bits per heavy atom. The third kappa shape index (κ3) is 4.04. The van der Waals surface area contributed by atoms with E-state index in [9.17, 15) is 19.7 Å². The third-order valence-corrected chi connectivity index (χ3v) is 3.25. The average molecular weight is 335 g/mol. The molecule has 0 saturated carbocycles. The van der Waals surface area contributed by atoms with E-state index in [-0.39, 0.29) is 11.3 Å². The molecule has 0 bridgehead atoms. The van der Waals surface area contributed by atoms with Crippen LogP contribution in [0.25, 0.3) is 0 Å². The summed E-state index contributed by atoms with van der Waals surface area (Å²) in [5.74, 6) is -1.76. The van der Waals surface area contributed by atoms with Crippen LogP contribution in [0.15, 0.2) is 48.5 Å². The number of nitrogens with zero attached hydrogens (tertiary/aromatic N) is 2. The van der Waals surface area contributed by atoms with Crippen LogP contribution in [0.4, 0.5) is 11.4 Å². The summed E-state index contributed by atoms with van der Waals surface area (Å²) in [7, 11) is 0. The van der Waals surface area contributed by atoms with Gasteiger partial charge in [0, 0.05) is 28.4 Å². The zero-order valence-corrected chi connectivity index (χ0v) is 12.4. The van der Waals surface area contributed by atoms with Gasteiger partial charge < -0.3 is 5.11 Å². The fourth-order valence-electron chi connectivity index (χ4n) is 1.92. The smallest absolute Gasteiger partial charge is 0.323 e. The lowest BCUT2D eigenvalue weighted by Gasteiger charge is -2.21. The zero-order valence-electron chi connectivity index (χ0n) is 11.7. The van der Waals surface area contributed by atoms with Crippen LogP contribution in [0.3, 0.4) is 0 Å². The Morgan fingerprint density at radius 2 is 1.65 bits per heavy atom. The number of carbonyl (C=O) groups excluding carboxylic acids is 1. The molecule has 8 heteroatoms. The van der Waals surface area contributed by atoms with Gasteiger partial charge in [-0.1, -0.05) is 11.6 Å². The average Bonchev–Trinajstić information content (AvgIpc) is 2.53. The molecule has 118 valence electrons. The number of anilines is 1. The lowest BCUT2D eigenvalue weighted by Crippen LogP contribution is -2.35. The Morgan fingerprint density at radius 3 is 2.13 bits per heavy atom. The lowest BCUT2D eigenvalue weighted by molar-refractivity contribution is -0.384. The second-order valence-corrected chi connectivity index (χ2v) is 5.00. The molecule has 0 atom stereocenters. The number of amides is 1. The molecule has 0 aliphatic rings. The van der Waals surface area contributed by atoms with Crippen LogP contribution in [0.2, 0.25) is 5.02 Å². The van der Waals surface area contributed by atoms with Gasteiger partial charge in [-0.05, 0) is 36.4 Å². The number of carbonyl (C=O) groups is 2. The Kier molecular flexibility index (Phi) is 4.92. The molecule has 0 radical (unpaired) electrons. The van der Waals surface area contributed by atoms with E-state index < -0.39 is 23.3 Å². The van der Waals surface area contributed by atoms with E-state index >= 15 is 0 Å². The molecule has 0 aromatic heterocycles. The number of aliphatic carboxylic acids is 1. The first-order valence-electron chi connectivity index (χ1n) is 6.42. The maximum Gasteiger partial charge on any atom is 0.323 e. The van der Waals surface area contributed by atoms with Crippen LogP contribution in [0.5, 0.6) is 0 Å². The molecule has 0 heterocycles. The highest BCUT2D eigenvalue weighted by atomic mass is 35.5. The Hall–Kier alpha value is -2.93. The molecule has 0 aliphatic carbocycles. The summed E-state index contributed by atoms with van der Waals surface area (Å²) in [6.45, 7) is -0.544. The molecule has 0 spiro atoms. The van der Waals surface area contributed by atoms with E-state index in [2.05, 4.69) is 0 Å². The molecule has 2 aromatic carbocycles. The highest BCUT2D eigenvalue weighted by Gasteiger charge is 2.21. The summed E-state index contributed by atoms with van der Waals surface area (Å²) in [5.41, 5.74) is 0.352. The molecule has 2 aromatic rings. The fourth-order valence-corrected chi connectivity index (χ4v) is 2.04. The number of nitro benzene ring substituents is 1. The van der Waals surface area contributed by atoms with Crippen molar-refractivity contribution in [3.63, 3.8) is 0 Å². The van der Waals surface area contributed by atoms with E-state index in [1.165, 1.54) is 48.5 Å². The van der Waals surface area contributed by atoms with Crippen LogP contribution in [-0.2, 0) is 4.79 Å². The number of nitro groups is 1. The molecular formula is C15H11ClN2O5. The third-order valence-electron chi connectivity index (χ3n) is 3.00. The van der Waals surface area contributed by atoms with Gasteiger partial charge >= 0.3 is 5.97 Å². The zero-order chi connectivity index (χ0) is 17.0. The van der Waals surface area contributed by atoms with Crippen molar-refractivity contribution in [2.45, 2.75) is 0 Å². The van der Waals surface area contributed by atoms with Gasteiger partial charge in [0.15, 0.2) is 0 Å². The molecular weight excluding hydrogens is 324 g/mol. The highest BCUT2D eigenvalue weighted by molar-refractivity contribution is 6.30. The molecule has 1 amide bonds. The van der Waals surface area contributed by atoms with Crippen molar-refractivity contribution in [2.75, 3.05) is 11.4 Å². The van der Waals surface area contributed by atoms with E-state index in [1.807, 2.05) is 0 Å². The topological polar surface area (TPSA) is 101 Å². The molecule has 0 saturated heterocycles. The van der Waals surface area contributed by atoms with Crippen molar-refractivity contribution in [3.8, 4) is 0 Å². The number of hydrogen-bond acceptors (Lipinski definition) is 4. The van der Waals surface area contributed by atoms with Crippen LogP contribution in [0.1, 0.15) is 10.4 Å². The summed E-state index contributed by atoms with van der Waals surface area (Å²) < 4.78 is 0. The molecule has 0 aliphatic heterocycles. The number of hydrogen-bond donors (Lipinski definition) is 1. The van der Waals surface area contributed by atoms with Gasteiger partial charge in [-0.25, -0.2) is 0 Å². The number of carboxylic acids is 1. The number of benzene rings is 2. The standard InChI is InChI=1S/C15H11ClN2O5/c16-11-3-7-12(8-4-11)17(9-14(19)20)15(21)10-1-5-13(6-2-10)18(22)23/h1-8H,9H2,(H,19,20). The first-order valence-corrected chi connectivity index (χ1v) is 6.80. The van der Waals surface area contributed by atoms with Crippen LogP contribution in [0, 0.1) is 10.1 Å². The quantitative estimate of drug-likeness (QED) is 0.669. The number of non-ortho nitro benzene ring substituents is 1. The Balaban J connectivity index is 2.34. The van der Waals surface area contributed by atoms with Crippen molar-refractivity contribution in [2.24, 2.45) is 0 Å². The van der Waals surface area contributed by atoms with Crippen LogP contribution >= 0.6 is 11.6 Å². The molecule has 1 N–H and O–H groups in total. The Bertz CT molecular complexity index is 743. The monoisotopic (exact) mass is 334 g/mol. The van der Waals surface area contributed by atoms with Crippen LogP contribution in [-0.4, -0.2) is 28.5 Å². The van der Waals surface area contributed by atoms with Crippen molar-refractivity contribution in [1.29, 1.82) is 0 Å². The summed E-state index contributed by atoms with van der Waals surface area (Å²) in [6, 6.07) is 11.1. The van der Waals surface area contributed by atoms with Gasteiger partial charge in [0.25, 0.3) is 11.6 Å². The van der Waals surface area contributed by atoms with Crippen LogP contribution < -0.4 is 4.90 Å². The number of carboxylic acid groups (broad SMARTS) is 1. The van der Waals surface area contributed by atoms with Gasteiger partial charge in [-0.2, -0.15) is 0 Å². The highest BCUT2D eigenvalue weighted by Crippen LogP contribution is 2.21. The van der Waals surface area contributed by atoms with Gasteiger partial charge in [-0.15, -0.1) is 0 Å². The minimum absolute atomic E-state index is 0.145. The first-order chi connectivity index (χ1) is 10.9. The van der Waals surface area contributed by atoms with Gasteiger partial charge in [0.05, 0.1) is 4.92 Å². The Labute approximate surface area is 135 Å². The SMILES string of the molecule is O=C(O)CN(C(=O)c1ccc([N+](=O)[O-])cc1)c1ccc(Cl)cc1. The number of halogens is 1. The van der Waals surface area contributed by atoms with E-state index in [1.54, 1.807) is 0 Å².